The average molecular weight is 265 g/mol. The zero-order valence-corrected chi connectivity index (χ0v) is 11.4. The van der Waals surface area contributed by atoms with Crippen molar-refractivity contribution in [2.45, 2.75) is 32.0 Å². The van der Waals surface area contributed by atoms with Gasteiger partial charge in [-0.3, -0.25) is 4.90 Å². The molecule has 3 rings (SSSR count). The lowest BCUT2D eigenvalue weighted by molar-refractivity contribution is -0.133. The van der Waals surface area contributed by atoms with Crippen LogP contribution in [0.1, 0.15) is 19.4 Å². The minimum absolute atomic E-state index is 0.0773. The Balaban J connectivity index is 1.55. The Morgan fingerprint density at radius 3 is 2.89 bits per heavy atom. The normalized spacial score (nSPS) is 25.0. The molecule has 0 aromatic heterocycles. The van der Waals surface area contributed by atoms with Crippen LogP contribution in [-0.4, -0.2) is 41.3 Å². The smallest absolute Gasteiger partial charge is 0.123 e. The number of halogens is 1. The Kier molecular flexibility index (Phi) is 3.02. The Morgan fingerprint density at radius 2 is 2.21 bits per heavy atom. The molecule has 0 bridgehead atoms. The van der Waals surface area contributed by atoms with Gasteiger partial charge >= 0.3 is 0 Å². The van der Waals surface area contributed by atoms with Crippen LogP contribution in [-0.2, 0) is 6.42 Å². The van der Waals surface area contributed by atoms with Crippen LogP contribution < -0.4 is 4.74 Å². The summed E-state index contributed by atoms with van der Waals surface area (Å²) in [7, 11) is 0. The van der Waals surface area contributed by atoms with E-state index in [4.69, 9.17) is 4.74 Å². The Morgan fingerprint density at radius 1 is 1.47 bits per heavy atom. The second kappa shape index (κ2) is 4.46. The molecule has 4 heteroatoms. The van der Waals surface area contributed by atoms with E-state index in [0.29, 0.717) is 13.1 Å². The SMILES string of the molecule is CC(C)C1(O)CN(CC2Cc3cc(F)ccc3O2)C1. The number of nitrogens with zero attached hydrogens (tertiary/aromatic N) is 1. The third-order valence-corrected chi connectivity index (χ3v) is 4.30. The van der Waals surface area contributed by atoms with Crippen molar-refractivity contribution in [3.63, 3.8) is 0 Å². The second-order valence-corrected chi connectivity index (χ2v) is 6.12. The maximum Gasteiger partial charge on any atom is 0.123 e. The summed E-state index contributed by atoms with van der Waals surface area (Å²) in [6.45, 7) is 6.29. The molecule has 0 aliphatic carbocycles. The highest BCUT2D eigenvalue weighted by atomic mass is 19.1. The van der Waals surface area contributed by atoms with E-state index in [9.17, 15) is 9.50 Å². The summed E-state index contributed by atoms with van der Waals surface area (Å²) in [6, 6.07) is 4.68. The number of hydrogen-bond donors (Lipinski definition) is 1. The predicted octanol–water partition coefficient (Wildman–Crippen LogP) is 1.83. The molecule has 0 radical (unpaired) electrons. The van der Waals surface area contributed by atoms with Crippen LogP contribution in [0.4, 0.5) is 4.39 Å². The van der Waals surface area contributed by atoms with Crippen molar-refractivity contribution in [3.8, 4) is 5.75 Å². The average Bonchev–Trinajstić information content (AvgIpc) is 2.67. The first-order valence-corrected chi connectivity index (χ1v) is 6.86. The highest BCUT2D eigenvalue weighted by Crippen LogP contribution is 2.33. The maximum atomic E-state index is 13.1. The fourth-order valence-electron chi connectivity index (χ4n) is 2.90. The van der Waals surface area contributed by atoms with Crippen molar-refractivity contribution < 1.29 is 14.2 Å². The molecule has 3 nitrogen and oxygen atoms in total. The first-order valence-electron chi connectivity index (χ1n) is 6.86. The van der Waals surface area contributed by atoms with Crippen LogP contribution >= 0.6 is 0 Å². The van der Waals surface area contributed by atoms with Gasteiger partial charge < -0.3 is 9.84 Å². The summed E-state index contributed by atoms with van der Waals surface area (Å²) in [6.07, 6.45) is 0.831. The van der Waals surface area contributed by atoms with E-state index < -0.39 is 5.60 Å². The largest absolute Gasteiger partial charge is 0.488 e. The van der Waals surface area contributed by atoms with Gasteiger partial charge in [0, 0.05) is 31.6 Å². The van der Waals surface area contributed by atoms with Crippen LogP contribution in [0.25, 0.3) is 0 Å². The lowest BCUT2D eigenvalue weighted by Gasteiger charge is -2.49. The molecule has 1 atom stereocenters. The molecule has 0 spiro atoms. The zero-order valence-electron chi connectivity index (χ0n) is 11.4. The van der Waals surface area contributed by atoms with Gasteiger partial charge in [-0.15, -0.1) is 0 Å². The minimum atomic E-state index is -0.544. The number of hydrogen-bond acceptors (Lipinski definition) is 3. The third-order valence-electron chi connectivity index (χ3n) is 4.30. The van der Waals surface area contributed by atoms with E-state index in [2.05, 4.69) is 4.90 Å². The molecule has 0 amide bonds. The van der Waals surface area contributed by atoms with Crippen LogP contribution in [0.2, 0.25) is 0 Å². The third kappa shape index (κ3) is 2.35. The van der Waals surface area contributed by atoms with E-state index in [1.807, 2.05) is 13.8 Å². The number of aliphatic hydroxyl groups is 1. The Bertz CT molecular complexity index is 483. The van der Waals surface area contributed by atoms with Crippen molar-refractivity contribution in [1.82, 2.24) is 4.90 Å². The fourth-order valence-corrected chi connectivity index (χ4v) is 2.90. The number of fused-ring (bicyclic) bond motifs is 1. The molecule has 1 aromatic carbocycles. The number of β-amino-alcohol motifs (C(OH)–C–C–N with tert-alkyl or cyclic N) is 1. The molecule has 1 saturated heterocycles. The van der Waals surface area contributed by atoms with Gasteiger partial charge in [-0.05, 0) is 24.1 Å². The quantitative estimate of drug-likeness (QED) is 0.905. The van der Waals surface area contributed by atoms with Gasteiger partial charge in [0.25, 0.3) is 0 Å². The second-order valence-electron chi connectivity index (χ2n) is 6.12. The van der Waals surface area contributed by atoms with Gasteiger partial charge in [-0.25, -0.2) is 4.39 Å². The van der Waals surface area contributed by atoms with Crippen LogP contribution in [0.5, 0.6) is 5.75 Å². The van der Waals surface area contributed by atoms with E-state index in [-0.39, 0.29) is 17.8 Å². The summed E-state index contributed by atoms with van der Waals surface area (Å²) in [5.74, 6) is 0.867. The zero-order chi connectivity index (χ0) is 13.6. The molecule has 104 valence electrons. The van der Waals surface area contributed by atoms with Gasteiger partial charge in [0.15, 0.2) is 0 Å². The minimum Gasteiger partial charge on any atom is -0.488 e. The molecule has 2 heterocycles. The van der Waals surface area contributed by atoms with Crippen LogP contribution in [0.3, 0.4) is 0 Å². The monoisotopic (exact) mass is 265 g/mol. The molecular weight excluding hydrogens is 245 g/mol. The topological polar surface area (TPSA) is 32.7 Å². The predicted molar refractivity (Wildman–Crippen MR) is 70.7 cm³/mol. The van der Waals surface area contributed by atoms with Crippen molar-refractivity contribution in [2.24, 2.45) is 5.92 Å². The first-order chi connectivity index (χ1) is 8.96. The van der Waals surface area contributed by atoms with Gasteiger partial charge in [-0.2, -0.15) is 0 Å². The summed E-state index contributed by atoms with van der Waals surface area (Å²) in [5, 5.41) is 10.2. The maximum absolute atomic E-state index is 13.1. The van der Waals surface area contributed by atoms with E-state index in [1.54, 1.807) is 12.1 Å². The van der Waals surface area contributed by atoms with Gasteiger partial charge in [-0.1, -0.05) is 13.8 Å². The van der Waals surface area contributed by atoms with E-state index in [0.717, 1.165) is 24.3 Å². The van der Waals surface area contributed by atoms with Crippen LogP contribution in [0, 0.1) is 11.7 Å². The molecule has 1 fully saturated rings. The van der Waals surface area contributed by atoms with Crippen molar-refractivity contribution in [1.29, 1.82) is 0 Å². The molecule has 19 heavy (non-hydrogen) atoms. The van der Waals surface area contributed by atoms with Crippen molar-refractivity contribution in [2.75, 3.05) is 19.6 Å². The van der Waals surface area contributed by atoms with Crippen LogP contribution in [0.15, 0.2) is 18.2 Å². The molecule has 1 aromatic rings. The first kappa shape index (κ1) is 12.9. The number of likely N-dealkylation sites (tertiary alicyclic amines) is 1. The Labute approximate surface area is 113 Å². The highest BCUT2D eigenvalue weighted by molar-refractivity contribution is 5.38. The molecular formula is C15H20FNO2. The van der Waals surface area contributed by atoms with Crippen molar-refractivity contribution >= 4 is 0 Å². The lowest BCUT2D eigenvalue weighted by Crippen LogP contribution is -2.65. The van der Waals surface area contributed by atoms with Gasteiger partial charge in [0.1, 0.15) is 17.7 Å². The van der Waals surface area contributed by atoms with Gasteiger partial charge in [0.2, 0.25) is 0 Å². The summed E-state index contributed by atoms with van der Waals surface area (Å²) >= 11 is 0. The molecule has 2 aliphatic rings. The summed E-state index contributed by atoms with van der Waals surface area (Å²) in [5.41, 5.74) is 0.405. The summed E-state index contributed by atoms with van der Waals surface area (Å²) in [4.78, 5) is 2.20. The lowest BCUT2D eigenvalue weighted by atomic mass is 9.83. The molecule has 1 N–H and O–H groups in total. The number of benzene rings is 1. The summed E-state index contributed by atoms with van der Waals surface area (Å²) < 4.78 is 18.9. The molecule has 2 aliphatic heterocycles. The number of rotatable bonds is 3. The van der Waals surface area contributed by atoms with E-state index >= 15 is 0 Å². The van der Waals surface area contributed by atoms with E-state index in [1.165, 1.54) is 6.07 Å². The Hall–Kier alpha value is -1.13. The van der Waals surface area contributed by atoms with Crippen molar-refractivity contribution in [3.05, 3.63) is 29.6 Å². The fraction of sp³-hybridized carbons (Fsp3) is 0.600. The van der Waals surface area contributed by atoms with Gasteiger partial charge in [0.05, 0.1) is 5.60 Å². The molecule has 1 unspecified atom stereocenters. The standard InChI is InChI=1S/C15H20FNO2/c1-10(2)15(18)8-17(9-15)7-13-6-11-5-12(16)3-4-14(11)19-13/h3-5,10,13,18H,6-9H2,1-2H3. The highest BCUT2D eigenvalue weighted by Gasteiger charge is 2.44. The number of ether oxygens (including phenoxy) is 1. The molecule has 0 saturated carbocycles.